The van der Waals surface area contributed by atoms with Gasteiger partial charge < -0.3 is 4.74 Å². The van der Waals surface area contributed by atoms with Gasteiger partial charge in [-0.25, -0.2) is 0 Å². The second-order valence-electron chi connectivity index (χ2n) is 4.09. The first kappa shape index (κ1) is 14.1. The Labute approximate surface area is 120 Å². The van der Waals surface area contributed by atoms with Crippen molar-refractivity contribution in [1.82, 2.24) is 9.19 Å². The lowest BCUT2D eigenvalue weighted by Crippen LogP contribution is -2.15. The number of rotatable bonds is 3. The minimum atomic E-state index is -3.69. The van der Waals surface area contributed by atoms with Crippen LogP contribution < -0.4 is 4.74 Å². The molecule has 0 atom stereocenters. The van der Waals surface area contributed by atoms with Gasteiger partial charge in [0.2, 0.25) is 0 Å². The van der Waals surface area contributed by atoms with Gasteiger partial charge in [-0.1, -0.05) is 0 Å². The summed E-state index contributed by atoms with van der Waals surface area (Å²) in [5.41, 5.74) is 1.27. The molecular formula is C12H13BrN2O3S. The van der Waals surface area contributed by atoms with Crippen molar-refractivity contribution in [2.45, 2.75) is 18.7 Å². The molecule has 0 N–H and O–H groups in total. The van der Waals surface area contributed by atoms with Gasteiger partial charge in [0.15, 0.2) is 0 Å². The van der Waals surface area contributed by atoms with Crippen molar-refractivity contribution >= 4 is 26.0 Å². The molecule has 0 radical (unpaired) electrons. The molecule has 0 aliphatic rings. The van der Waals surface area contributed by atoms with Gasteiger partial charge in [-0.3, -0.25) is 0 Å². The lowest BCUT2D eigenvalue weighted by molar-refractivity contribution is 0.410. The molecule has 19 heavy (non-hydrogen) atoms. The SMILES string of the molecule is COc1cc(S(=O)(=O)n2ccc(C)n2)c(C)cc1Br. The van der Waals surface area contributed by atoms with Crippen LogP contribution in [0.4, 0.5) is 0 Å². The monoisotopic (exact) mass is 344 g/mol. The van der Waals surface area contributed by atoms with E-state index in [0.29, 0.717) is 21.5 Å². The number of aromatic nitrogens is 2. The Kier molecular flexibility index (Phi) is 3.69. The fourth-order valence-electron chi connectivity index (χ4n) is 1.70. The largest absolute Gasteiger partial charge is 0.496 e. The van der Waals surface area contributed by atoms with E-state index < -0.39 is 10.0 Å². The summed E-state index contributed by atoms with van der Waals surface area (Å²) in [5.74, 6) is 0.466. The zero-order chi connectivity index (χ0) is 14.2. The summed E-state index contributed by atoms with van der Waals surface area (Å²) in [5, 5.41) is 3.95. The fraction of sp³-hybridized carbons (Fsp3) is 0.250. The zero-order valence-corrected chi connectivity index (χ0v) is 13.1. The lowest BCUT2D eigenvalue weighted by atomic mass is 10.2. The molecule has 5 nitrogen and oxygen atoms in total. The molecule has 0 amide bonds. The molecule has 0 spiro atoms. The van der Waals surface area contributed by atoms with Crippen LogP contribution in [-0.2, 0) is 10.0 Å². The highest BCUT2D eigenvalue weighted by Crippen LogP contribution is 2.31. The van der Waals surface area contributed by atoms with E-state index in [2.05, 4.69) is 21.0 Å². The molecule has 7 heteroatoms. The normalized spacial score (nSPS) is 11.6. The zero-order valence-electron chi connectivity index (χ0n) is 10.7. The Balaban J connectivity index is 2.64. The average Bonchev–Trinajstić information content (AvgIpc) is 2.76. The number of ether oxygens (including phenoxy) is 1. The molecule has 0 aliphatic heterocycles. The Morgan fingerprint density at radius 2 is 2.00 bits per heavy atom. The maximum absolute atomic E-state index is 12.5. The molecule has 0 saturated carbocycles. The summed E-state index contributed by atoms with van der Waals surface area (Å²) >= 11 is 3.33. The quantitative estimate of drug-likeness (QED) is 0.858. The average molecular weight is 345 g/mol. The van der Waals surface area contributed by atoms with E-state index in [0.717, 1.165) is 4.09 Å². The molecule has 2 aromatic rings. The Hall–Kier alpha value is -1.34. The van der Waals surface area contributed by atoms with E-state index in [1.165, 1.54) is 19.4 Å². The van der Waals surface area contributed by atoms with Gasteiger partial charge in [0.1, 0.15) is 5.75 Å². The Morgan fingerprint density at radius 1 is 1.32 bits per heavy atom. The van der Waals surface area contributed by atoms with Crippen LogP contribution >= 0.6 is 15.9 Å². The highest BCUT2D eigenvalue weighted by molar-refractivity contribution is 9.10. The molecule has 0 saturated heterocycles. The highest BCUT2D eigenvalue weighted by atomic mass is 79.9. The molecule has 0 fully saturated rings. The fourth-order valence-corrected chi connectivity index (χ4v) is 3.70. The third kappa shape index (κ3) is 2.52. The van der Waals surface area contributed by atoms with Crippen molar-refractivity contribution < 1.29 is 13.2 Å². The molecule has 102 valence electrons. The third-order valence-corrected chi connectivity index (χ3v) is 4.98. The maximum Gasteiger partial charge on any atom is 0.283 e. The number of hydrogen-bond donors (Lipinski definition) is 0. The van der Waals surface area contributed by atoms with Crippen molar-refractivity contribution in [3.05, 3.63) is 40.1 Å². The molecule has 2 rings (SSSR count). The van der Waals surface area contributed by atoms with E-state index in [1.54, 1.807) is 26.0 Å². The topological polar surface area (TPSA) is 61.2 Å². The number of hydrogen-bond acceptors (Lipinski definition) is 4. The summed E-state index contributed by atoms with van der Waals surface area (Å²) in [7, 11) is -2.20. The first-order valence-electron chi connectivity index (χ1n) is 5.48. The molecular weight excluding hydrogens is 332 g/mol. The van der Waals surface area contributed by atoms with Crippen LogP contribution in [0.25, 0.3) is 0 Å². The number of halogens is 1. The van der Waals surface area contributed by atoms with Gasteiger partial charge in [0, 0.05) is 12.3 Å². The van der Waals surface area contributed by atoms with Gasteiger partial charge in [0.05, 0.1) is 22.2 Å². The summed E-state index contributed by atoms with van der Waals surface area (Å²) in [6, 6.07) is 4.84. The number of aryl methyl sites for hydroxylation is 2. The van der Waals surface area contributed by atoms with Crippen LogP contribution in [0.5, 0.6) is 5.75 Å². The molecule has 1 aromatic heterocycles. The van der Waals surface area contributed by atoms with Crippen LogP contribution in [0.15, 0.2) is 33.8 Å². The van der Waals surface area contributed by atoms with E-state index in [4.69, 9.17) is 4.74 Å². The van der Waals surface area contributed by atoms with Crippen molar-refractivity contribution in [2.75, 3.05) is 7.11 Å². The summed E-state index contributed by atoms with van der Waals surface area (Å²) < 4.78 is 31.8. The summed E-state index contributed by atoms with van der Waals surface area (Å²) in [6.07, 6.45) is 1.43. The standard InChI is InChI=1S/C12H13BrN2O3S/c1-8-6-10(13)11(18-3)7-12(8)19(16,17)15-5-4-9(2)14-15/h4-7H,1-3H3. The number of methoxy groups -OCH3 is 1. The second kappa shape index (κ2) is 4.97. The van der Waals surface area contributed by atoms with E-state index in [-0.39, 0.29) is 4.90 Å². The van der Waals surface area contributed by atoms with Crippen LogP contribution in [0.1, 0.15) is 11.3 Å². The minimum absolute atomic E-state index is 0.177. The van der Waals surface area contributed by atoms with Crippen molar-refractivity contribution in [2.24, 2.45) is 0 Å². The van der Waals surface area contributed by atoms with Crippen molar-refractivity contribution in [3.8, 4) is 5.75 Å². The smallest absolute Gasteiger partial charge is 0.283 e. The second-order valence-corrected chi connectivity index (χ2v) is 6.71. The summed E-state index contributed by atoms with van der Waals surface area (Å²) in [4.78, 5) is 0.177. The van der Waals surface area contributed by atoms with Gasteiger partial charge in [-0.05, 0) is 47.5 Å². The minimum Gasteiger partial charge on any atom is -0.496 e. The highest BCUT2D eigenvalue weighted by Gasteiger charge is 2.22. The third-order valence-electron chi connectivity index (χ3n) is 2.67. The van der Waals surface area contributed by atoms with Crippen molar-refractivity contribution in [3.63, 3.8) is 0 Å². The first-order valence-corrected chi connectivity index (χ1v) is 7.71. The van der Waals surface area contributed by atoms with Crippen LogP contribution in [0.3, 0.4) is 0 Å². The van der Waals surface area contributed by atoms with Gasteiger partial charge in [0.25, 0.3) is 10.0 Å². The van der Waals surface area contributed by atoms with Gasteiger partial charge in [-0.15, -0.1) is 0 Å². The Morgan fingerprint density at radius 3 is 2.53 bits per heavy atom. The van der Waals surface area contributed by atoms with Gasteiger partial charge in [-0.2, -0.15) is 17.6 Å². The van der Waals surface area contributed by atoms with E-state index in [1.807, 2.05) is 0 Å². The predicted octanol–water partition coefficient (Wildman–Crippen LogP) is 2.51. The van der Waals surface area contributed by atoms with E-state index >= 15 is 0 Å². The molecule has 1 heterocycles. The molecule has 1 aromatic carbocycles. The van der Waals surface area contributed by atoms with Crippen LogP contribution in [0, 0.1) is 13.8 Å². The number of nitrogens with zero attached hydrogens (tertiary/aromatic N) is 2. The Bertz CT molecular complexity index is 723. The van der Waals surface area contributed by atoms with Gasteiger partial charge >= 0.3 is 0 Å². The van der Waals surface area contributed by atoms with E-state index in [9.17, 15) is 8.42 Å². The van der Waals surface area contributed by atoms with Crippen LogP contribution in [-0.4, -0.2) is 24.7 Å². The molecule has 0 unspecified atom stereocenters. The van der Waals surface area contributed by atoms with Crippen molar-refractivity contribution in [1.29, 1.82) is 0 Å². The molecule has 0 bridgehead atoms. The van der Waals surface area contributed by atoms with Crippen LogP contribution in [0.2, 0.25) is 0 Å². The lowest BCUT2D eigenvalue weighted by Gasteiger charge is -2.11. The molecule has 0 aliphatic carbocycles. The number of benzene rings is 1. The predicted molar refractivity (Wildman–Crippen MR) is 75.0 cm³/mol. The first-order chi connectivity index (χ1) is 8.86. The summed E-state index contributed by atoms with van der Waals surface area (Å²) in [6.45, 7) is 3.47. The maximum atomic E-state index is 12.5.